The van der Waals surface area contributed by atoms with Crippen LogP contribution in [-0.4, -0.2) is 59.1 Å². The Kier molecular flexibility index (Phi) is 7.56. The number of hydrogen-bond acceptors (Lipinski definition) is 7. The SMILES string of the molecule is O=C(CC1SCC(C(=O)N/N=C/c2cccnc2)NC1=O)Nc1ccc(N2CCCC2)cc1. The summed E-state index contributed by atoms with van der Waals surface area (Å²) in [7, 11) is 0. The third-order valence-corrected chi connectivity index (χ3v) is 6.76. The van der Waals surface area contributed by atoms with E-state index in [1.165, 1.54) is 30.8 Å². The highest BCUT2D eigenvalue weighted by Crippen LogP contribution is 2.24. The summed E-state index contributed by atoms with van der Waals surface area (Å²) >= 11 is 1.29. The van der Waals surface area contributed by atoms with Crippen molar-refractivity contribution < 1.29 is 14.4 Å². The molecule has 4 rings (SSSR count). The summed E-state index contributed by atoms with van der Waals surface area (Å²) in [5, 5.41) is 8.88. The monoisotopic (exact) mass is 466 g/mol. The number of nitrogens with one attached hydrogen (secondary N) is 3. The second kappa shape index (κ2) is 11.0. The molecule has 0 aliphatic carbocycles. The van der Waals surface area contributed by atoms with Crippen molar-refractivity contribution in [2.75, 3.05) is 29.1 Å². The maximum Gasteiger partial charge on any atom is 0.263 e. The number of anilines is 2. The molecule has 1 aromatic carbocycles. The molecule has 1 aromatic heterocycles. The highest BCUT2D eigenvalue weighted by atomic mass is 32.2. The van der Waals surface area contributed by atoms with Crippen molar-refractivity contribution in [1.82, 2.24) is 15.7 Å². The Balaban J connectivity index is 1.21. The lowest BCUT2D eigenvalue weighted by Gasteiger charge is -2.27. The van der Waals surface area contributed by atoms with Crippen LogP contribution in [0, 0.1) is 0 Å². The van der Waals surface area contributed by atoms with Gasteiger partial charge >= 0.3 is 0 Å². The summed E-state index contributed by atoms with van der Waals surface area (Å²) in [5.41, 5.74) is 5.03. The number of rotatable bonds is 7. The van der Waals surface area contributed by atoms with Gasteiger partial charge < -0.3 is 15.5 Å². The number of benzene rings is 1. The quantitative estimate of drug-likeness (QED) is 0.423. The van der Waals surface area contributed by atoms with Crippen molar-refractivity contribution in [3.05, 3.63) is 54.4 Å². The number of carbonyl (C=O) groups excluding carboxylic acids is 3. The van der Waals surface area contributed by atoms with E-state index in [0.29, 0.717) is 11.4 Å². The van der Waals surface area contributed by atoms with Gasteiger partial charge in [0.25, 0.3) is 5.91 Å². The molecular weight excluding hydrogens is 440 g/mol. The largest absolute Gasteiger partial charge is 0.372 e. The molecule has 2 aromatic rings. The number of hydrogen-bond donors (Lipinski definition) is 3. The van der Waals surface area contributed by atoms with Crippen LogP contribution >= 0.6 is 11.8 Å². The standard InChI is InChI=1S/C23H26N6O3S/c30-21(26-17-5-7-18(8-6-17)29-10-1-2-11-29)12-20-23(32)27-19(15-33-20)22(31)28-25-14-16-4-3-9-24-13-16/h3-9,13-14,19-20H,1-2,10-12,15H2,(H,26,30)(H,27,32)(H,28,31)/b25-14+. The molecule has 172 valence electrons. The molecule has 10 heteroatoms. The van der Waals surface area contributed by atoms with Gasteiger partial charge in [-0.3, -0.25) is 19.4 Å². The van der Waals surface area contributed by atoms with Crippen molar-refractivity contribution >= 4 is 47.1 Å². The third-order valence-electron chi connectivity index (χ3n) is 5.46. The number of carbonyl (C=O) groups is 3. The Bertz CT molecular complexity index is 1010. The van der Waals surface area contributed by atoms with Gasteiger partial charge in [0, 0.05) is 54.6 Å². The molecule has 3 amide bonds. The van der Waals surface area contributed by atoms with Gasteiger partial charge in [0.1, 0.15) is 6.04 Å². The Morgan fingerprint density at radius 2 is 2.00 bits per heavy atom. The summed E-state index contributed by atoms with van der Waals surface area (Å²) in [5.74, 6) is -0.609. The second-order valence-electron chi connectivity index (χ2n) is 7.90. The van der Waals surface area contributed by atoms with Crippen LogP contribution in [0.15, 0.2) is 53.9 Å². The lowest BCUT2D eigenvalue weighted by atomic mass is 10.2. The van der Waals surface area contributed by atoms with Gasteiger partial charge in [-0.15, -0.1) is 11.8 Å². The summed E-state index contributed by atoms with van der Waals surface area (Å²) in [4.78, 5) is 43.4. The summed E-state index contributed by atoms with van der Waals surface area (Å²) in [6.07, 6.45) is 7.20. The maximum absolute atomic E-state index is 12.4. The summed E-state index contributed by atoms with van der Waals surface area (Å²) in [6.45, 7) is 2.13. The van der Waals surface area contributed by atoms with E-state index in [-0.39, 0.29) is 18.2 Å². The topological polar surface area (TPSA) is 116 Å². The van der Waals surface area contributed by atoms with Gasteiger partial charge in [-0.05, 0) is 43.2 Å². The molecule has 0 spiro atoms. The number of aromatic nitrogens is 1. The Morgan fingerprint density at radius 1 is 1.21 bits per heavy atom. The molecule has 2 fully saturated rings. The van der Waals surface area contributed by atoms with E-state index in [1.807, 2.05) is 24.3 Å². The molecule has 0 radical (unpaired) electrons. The van der Waals surface area contributed by atoms with Gasteiger partial charge in [0.2, 0.25) is 11.8 Å². The molecule has 2 atom stereocenters. The lowest BCUT2D eigenvalue weighted by Crippen LogP contribution is -2.53. The van der Waals surface area contributed by atoms with Gasteiger partial charge in [-0.1, -0.05) is 6.07 Å². The molecule has 3 heterocycles. The van der Waals surface area contributed by atoms with E-state index in [1.54, 1.807) is 24.5 Å². The summed E-state index contributed by atoms with van der Waals surface area (Å²) in [6, 6.07) is 10.6. The number of amides is 3. The number of hydrazone groups is 1. The van der Waals surface area contributed by atoms with Crippen LogP contribution in [0.4, 0.5) is 11.4 Å². The fourth-order valence-corrected chi connectivity index (χ4v) is 4.85. The number of thioether (sulfide) groups is 1. The van der Waals surface area contributed by atoms with Crippen LogP contribution in [0.1, 0.15) is 24.8 Å². The fourth-order valence-electron chi connectivity index (χ4n) is 3.70. The third kappa shape index (κ3) is 6.32. The molecule has 2 unspecified atom stereocenters. The van der Waals surface area contributed by atoms with Gasteiger partial charge in [0.15, 0.2) is 0 Å². The van der Waals surface area contributed by atoms with Gasteiger partial charge in [-0.25, -0.2) is 5.43 Å². The normalized spacial score (nSPS) is 20.5. The lowest BCUT2D eigenvalue weighted by molar-refractivity contribution is -0.129. The minimum Gasteiger partial charge on any atom is -0.372 e. The molecule has 3 N–H and O–H groups in total. The average Bonchev–Trinajstić information content (AvgIpc) is 3.36. The highest BCUT2D eigenvalue weighted by Gasteiger charge is 2.33. The zero-order valence-electron chi connectivity index (χ0n) is 18.1. The van der Waals surface area contributed by atoms with Crippen LogP contribution in [0.3, 0.4) is 0 Å². The van der Waals surface area contributed by atoms with Crippen molar-refractivity contribution in [2.45, 2.75) is 30.6 Å². The Hall–Kier alpha value is -3.40. The molecule has 2 saturated heterocycles. The predicted molar refractivity (Wildman–Crippen MR) is 129 cm³/mol. The average molecular weight is 467 g/mol. The van der Waals surface area contributed by atoms with E-state index < -0.39 is 17.2 Å². The minimum atomic E-state index is -0.703. The van der Waals surface area contributed by atoms with Crippen LogP contribution in [0.2, 0.25) is 0 Å². The first-order valence-corrected chi connectivity index (χ1v) is 11.9. The van der Waals surface area contributed by atoms with E-state index in [4.69, 9.17) is 0 Å². The molecule has 2 aliphatic rings. The van der Waals surface area contributed by atoms with Crippen molar-refractivity contribution in [3.63, 3.8) is 0 Å². The van der Waals surface area contributed by atoms with E-state index in [9.17, 15) is 14.4 Å². The van der Waals surface area contributed by atoms with Crippen LogP contribution < -0.4 is 21.0 Å². The Labute approximate surface area is 196 Å². The van der Waals surface area contributed by atoms with Crippen molar-refractivity contribution in [2.24, 2.45) is 5.10 Å². The highest BCUT2D eigenvalue weighted by molar-refractivity contribution is 8.00. The molecule has 0 saturated carbocycles. The van der Waals surface area contributed by atoms with Crippen molar-refractivity contribution in [3.8, 4) is 0 Å². The first-order chi connectivity index (χ1) is 16.1. The molecule has 33 heavy (non-hydrogen) atoms. The molecular formula is C23H26N6O3S. The molecule has 2 aliphatic heterocycles. The molecule has 9 nitrogen and oxygen atoms in total. The summed E-state index contributed by atoms with van der Waals surface area (Å²) < 4.78 is 0. The van der Waals surface area contributed by atoms with Crippen LogP contribution in [0.5, 0.6) is 0 Å². The first-order valence-electron chi connectivity index (χ1n) is 10.9. The van der Waals surface area contributed by atoms with E-state index >= 15 is 0 Å². The zero-order valence-corrected chi connectivity index (χ0v) is 18.9. The van der Waals surface area contributed by atoms with E-state index in [2.05, 4.69) is 31.0 Å². The van der Waals surface area contributed by atoms with Gasteiger partial charge in [-0.2, -0.15) is 5.10 Å². The zero-order chi connectivity index (χ0) is 23.0. The number of pyridine rings is 1. The van der Waals surface area contributed by atoms with E-state index in [0.717, 1.165) is 24.3 Å². The first kappa shape index (κ1) is 22.8. The van der Waals surface area contributed by atoms with Crippen LogP contribution in [-0.2, 0) is 14.4 Å². The fraction of sp³-hybridized carbons (Fsp3) is 0.348. The second-order valence-corrected chi connectivity index (χ2v) is 9.13. The van der Waals surface area contributed by atoms with Crippen LogP contribution in [0.25, 0.3) is 0 Å². The van der Waals surface area contributed by atoms with Gasteiger partial charge in [0.05, 0.1) is 11.5 Å². The Morgan fingerprint density at radius 3 is 2.70 bits per heavy atom. The smallest absolute Gasteiger partial charge is 0.263 e. The van der Waals surface area contributed by atoms with Crippen molar-refractivity contribution in [1.29, 1.82) is 0 Å². The molecule has 0 bridgehead atoms. The maximum atomic E-state index is 12.4. The predicted octanol–water partition coefficient (Wildman–Crippen LogP) is 1.76. The minimum absolute atomic E-state index is 0.0396. The number of nitrogens with zero attached hydrogens (tertiary/aromatic N) is 3.